The largest absolute Gasteiger partial charge is 0.493 e. The Labute approximate surface area is 109 Å². The van der Waals surface area contributed by atoms with Crippen LogP contribution in [-0.2, 0) is 0 Å². The van der Waals surface area contributed by atoms with E-state index < -0.39 is 0 Å². The van der Waals surface area contributed by atoms with E-state index >= 15 is 0 Å². The first kappa shape index (κ1) is 11.6. The molecule has 0 aliphatic carbocycles. The molecule has 4 heteroatoms. The van der Waals surface area contributed by atoms with E-state index in [1.807, 2.05) is 18.2 Å². The lowest BCUT2D eigenvalue weighted by molar-refractivity contribution is 0.355. The summed E-state index contributed by atoms with van der Waals surface area (Å²) in [7, 11) is 3.10. The number of benzene rings is 2. The molecule has 2 aromatic carbocycles. The fourth-order valence-electron chi connectivity index (χ4n) is 2.20. The van der Waals surface area contributed by atoms with Crippen molar-refractivity contribution < 1.29 is 13.9 Å². The zero-order chi connectivity index (χ0) is 13.4. The molecule has 0 bridgehead atoms. The first-order valence-electron chi connectivity index (χ1n) is 5.82. The number of rotatable bonds is 2. The molecule has 0 aliphatic heterocycles. The van der Waals surface area contributed by atoms with Gasteiger partial charge >= 0.3 is 5.63 Å². The van der Waals surface area contributed by atoms with Crippen LogP contribution in [0.5, 0.6) is 11.5 Å². The third kappa shape index (κ3) is 1.73. The van der Waals surface area contributed by atoms with Crippen LogP contribution in [0.2, 0.25) is 0 Å². The molecule has 96 valence electrons. The highest BCUT2D eigenvalue weighted by Crippen LogP contribution is 2.33. The SMILES string of the molecule is COc1cc2c(=O)oc3ccccc3c2cc1OC. The minimum absolute atomic E-state index is 0.380. The van der Waals surface area contributed by atoms with E-state index in [2.05, 4.69) is 0 Å². The van der Waals surface area contributed by atoms with Gasteiger partial charge in [-0.05, 0) is 18.2 Å². The first-order valence-corrected chi connectivity index (χ1v) is 5.82. The van der Waals surface area contributed by atoms with Crippen molar-refractivity contribution in [1.29, 1.82) is 0 Å². The zero-order valence-corrected chi connectivity index (χ0v) is 10.6. The predicted molar refractivity (Wildman–Crippen MR) is 73.1 cm³/mol. The van der Waals surface area contributed by atoms with Crippen LogP contribution in [0.15, 0.2) is 45.6 Å². The van der Waals surface area contributed by atoms with Gasteiger partial charge in [-0.1, -0.05) is 18.2 Å². The smallest absolute Gasteiger partial charge is 0.344 e. The van der Waals surface area contributed by atoms with Crippen molar-refractivity contribution in [3.8, 4) is 11.5 Å². The maximum absolute atomic E-state index is 12.0. The number of hydrogen-bond donors (Lipinski definition) is 0. The van der Waals surface area contributed by atoms with Crippen LogP contribution in [-0.4, -0.2) is 14.2 Å². The summed E-state index contributed by atoms with van der Waals surface area (Å²) in [6.45, 7) is 0. The van der Waals surface area contributed by atoms with E-state index in [-0.39, 0.29) is 5.63 Å². The summed E-state index contributed by atoms with van der Waals surface area (Å²) >= 11 is 0. The van der Waals surface area contributed by atoms with Gasteiger partial charge in [0.15, 0.2) is 11.5 Å². The van der Waals surface area contributed by atoms with E-state index in [9.17, 15) is 4.79 Å². The van der Waals surface area contributed by atoms with Crippen molar-refractivity contribution in [2.45, 2.75) is 0 Å². The van der Waals surface area contributed by atoms with E-state index in [1.54, 1.807) is 25.3 Å². The van der Waals surface area contributed by atoms with Gasteiger partial charge in [0.2, 0.25) is 0 Å². The molecule has 0 amide bonds. The maximum atomic E-state index is 12.0. The van der Waals surface area contributed by atoms with Gasteiger partial charge in [-0.2, -0.15) is 0 Å². The Hall–Kier alpha value is -2.49. The minimum atomic E-state index is -0.380. The third-order valence-electron chi connectivity index (χ3n) is 3.12. The highest BCUT2D eigenvalue weighted by Gasteiger charge is 2.12. The molecule has 0 atom stereocenters. The van der Waals surface area contributed by atoms with Gasteiger partial charge in [-0.15, -0.1) is 0 Å². The topological polar surface area (TPSA) is 48.7 Å². The van der Waals surface area contributed by atoms with Crippen LogP contribution in [0.4, 0.5) is 0 Å². The fourth-order valence-corrected chi connectivity index (χ4v) is 2.20. The molecule has 3 rings (SSSR count). The van der Waals surface area contributed by atoms with Crippen molar-refractivity contribution >= 4 is 21.7 Å². The lowest BCUT2D eigenvalue weighted by Gasteiger charge is -2.09. The van der Waals surface area contributed by atoms with Crippen molar-refractivity contribution in [3.63, 3.8) is 0 Å². The Kier molecular flexibility index (Phi) is 2.63. The Balaban J connectivity index is 2.53. The fraction of sp³-hybridized carbons (Fsp3) is 0.133. The molecule has 0 spiro atoms. The molecule has 0 saturated heterocycles. The van der Waals surface area contributed by atoms with Crippen molar-refractivity contribution in [2.75, 3.05) is 14.2 Å². The molecular weight excluding hydrogens is 244 g/mol. The first-order chi connectivity index (χ1) is 9.24. The summed E-state index contributed by atoms with van der Waals surface area (Å²) in [6.07, 6.45) is 0. The summed E-state index contributed by atoms with van der Waals surface area (Å²) in [5, 5.41) is 2.15. The zero-order valence-electron chi connectivity index (χ0n) is 10.6. The number of methoxy groups -OCH3 is 2. The van der Waals surface area contributed by atoms with Crippen LogP contribution < -0.4 is 15.1 Å². The van der Waals surface area contributed by atoms with Crippen LogP contribution in [0.25, 0.3) is 21.7 Å². The monoisotopic (exact) mass is 256 g/mol. The Morgan fingerprint density at radius 1 is 0.895 bits per heavy atom. The molecule has 0 N–H and O–H groups in total. The predicted octanol–water partition coefficient (Wildman–Crippen LogP) is 2.96. The molecule has 1 aromatic heterocycles. The van der Waals surface area contributed by atoms with Gasteiger partial charge in [0.05, 0.1) is 19.6 Å². The Morgan fingerprint density at radius 2 is 1.53 bits per heavy atom. The van der Waals surface area contributed by atoms with Gasteiger partial charge in [0.1, 0.15) is 5.58 Å². The lowest BCUT2D eigenvalue weighted by atomic mass is 10.1. The molecular formula is C15H12O4. The maximum Gasteiger partial charge on any atom is 0.344 e. The summed E-state index contributed by atoms with van der Waals surface area (Å²) < 4.78 is 15.8. The number of ether oxygens (including phenoxy) is 2. The van der Waals surface area contributed by atoms with Crippen LogP contribution in [0, 0.1) is 0 Å². The number of hydrogen-bond acceptors (Lipinski definition) is 4. The molecule has 0 aliphatic rings. The Bertz CT molecular complexity index is 817. The van der Waals surface area contributed by atoms with E-state index in [0.29, 0.717) is 22.5 Å². The summed E-state index contributed by atoms with van der Waals surface area (Å²) in [4.78, 5) is 12.0. The van der Waals surface area contributed by atoms with Crippen LogP contribution in [0.3, 0.4) is 0 Å². The third-order valence-corrected chi connectivity index (χ3v) is 3.12. The molecule has 0 saturated carbocycles. The van der Waals surface area contributed by atoms with Crippen LogP contribution in [0.1, 0.15) is 0 Å². The summed E-state index contributed by atoms with van der Waals surface area (Å²) in [6, 6.07) is 10.9. The van der Waals surface area contributed by atoms with Crippen LogP contribution >= 0.6 is 0 Å². The molecule has 4 nitrogen and oxygen atoms in total. The van der Waals surface area contributed by atoms with Gasteiger partial charge in [0, 0.05) is 10.8 Å². The summed E-state index contributed by atoms with van der Waals surface area (Å²) in [5.74, 6) is 1.10. The van der Waals surface area contributed by atoms with E-state index in [0.717, 1.165) is 10.8 Å². The quantitative estimate of drug-likeness (QED) is 0.522. The molecule has 19 heavy (non-hydrogen) atoms. The number of fused-ring (bicyclic) bond motifs is 3. The van der Waals surface area contributed by atoms with Gasteiger partial charge in [-0.3, -0.25) is 0 Å². The molecule has 0 unspecified atom stereocenters. The normalized spacial score (nSPS) is 10.8. The van der Waals surface area contributed by atoms with Gasteiger partial charge in [-0.25, -0.2) is 4.79 Å². The minimum Gasteiger partial charge on any atom is -0.493 e. The lowest BCUT2D eigenvalue weighted by Crippen LogP contribution is -2.01. The van der Waals surface area contributed by atoms with Crippen molar-refractivity contribution in [2.24, 2.45) is 0 Å². The second kappa shape index (κ2) is 4.31. The molecule has 1 heterocycles. The highest BCUT2D eigenvalue weighted by atomic mass is 16.5. The van der Waals surface area contributed by atoms with E-state index in [1.165, 1.54) is 7.11 Å². The summed E-state index contributed by atoms with van der Waals surface area (Å²) in [5.41, 5.74) is 0.182. The number of para-hydroxylation sites is 1. The van der Waals surface area contributed by atoms with E-state index in [4.69, 9.17) is 13.9 Å². The highest BCUT2D eigenvalue weighted by molar-refractivity contribution is 6.05. The molecule has 0 radical (unpaired) electrons. The standard InChI is InChI=1S/C15H12O4/c1-17-13-7-10-9-5-3-4-6-12(9)19-15(16)11(10)8-14(13)18-2/h3-8H,1-2H3. The van der Waals surface area contributed by atoms with Gasteiger partial charge in [0.25, 0.3) is 0 Å². The molecule has 3 aromatic rings. The average Bonchev–Trinajstić information content (AvgIpc) is 2.46. The van der Waals surface area contributed by atoms with Crippen molar-refractivity contribution in [1.82, 2.24) is 0 Å². The Morgan fingerprint density at radius 3 is 2.21 bits per heavy atom. The van der Waals surface area contributed by atoms with Gasteiger partial charge < -0.3 is 13.9 Å². The second-order valence-corrected chi connectivity index (χ2v) is 4.14. The van der Waals surface area contributed by atoms with Crippen molar-refractivity contribution in [3.05, 3.63) is 46.8 Å². The molecule has 0 fully saturated rings. The average molecular weight is 256 g/mol. The second-order valence-electron chi connectivity index (χ2n) is 4.14.